The number of rotatable bonds is 14. The molecule has 46 heavy (non-hydrogen) atoms. The Morgan fingerprint density at radius 3 is 1.93 bits per heavy atom. The van der Waals surface area contributed by atoms with Crippen molar-refractivity contribution in [3.8, 4) is 5.75 Å². The summed E-state index contributed by atoms with van der Waals surface area (Å²) in [6.45, 7) is 0.917. The Morgan fingerprint density at radius 2 is 1.28 bits per heavy atom. The molecule has 0 heterocycles. The monoisotopic (exact) mass is 612 g/mol. The number of hydrogen-bond donors (Lipinski definition) is 1. The quantitative estimate of drug-likeness (QED) is 0.0809. The van der Waals surface area contributed by atoms with Gasteiger partial charge in [0.25, 0.3) is 5.91 Å². The summed E-state index contributed by atoms with van der Waals surface area (Å²) in [6, 6.07) is 41.9. The highest BCUT2D eigenvalue weighted by Gasteiger charge is 2.23. The smallest absolute Gasteiger partial charge is 0.328 e. The van der Waals surface area contributed by atoms with Crippen molar-refractivity contribution in [1.29, 1.82) is 0 Å². The average Bonchev–Trinajstić information content (AvgIpc) is 3.12. The molecule has 1 amide bonds. The third-order valence-electron chi connectivity index (χ3n) is 7.51. The summed E-state index contributed by atoms with van der Waals surface area (Å²) < 4.78 is 11.1. The van der Waals surface area contributed by atoms with Gasteiger partial charge in [-0.05, 0) is 60.5 Å². The second-order valence-electron chi connectivity index (χ2n) is 10.7. The molecule has 5 aromatic rings. The van der Waals surface area contributed by atoms with Crippen molar-refractivity contribution >= 4 is 29.0 Å². The lowest BCUT2D eigenvalue weighted by Gasteiger charge is -2.23. The van der Waals surface area contributed by atoms with Crippen molar-refractivity contribution in [2.24, 2.45) is 0 Å². The first-order valence-electron chi connectivity index (χ1n) is 15.2. The van der Waals surface area contributed by atoms with Crippen LogP contribution in [0.4, 0.5) is 11.4 Å². The van der Waals surface area contributed by atoms with Gasteiger partial charge in [0.15, 0.2) is 5.78 Å². The zero-order valence-electron chi connectivity index (χ0n) is 25.7. The summed E-state index contributed by atoms with van der Waals surface area (Å²) in [4.78, 5) is 41.0. The van der Waals surface area contributed by atoms with Gasteiger partial charge in [0.1, 0.15) is 11.8 Å². The van der Waals surface area contributed by atoms with Gasteiger partial charge in [0, 0.05) is 41.0 Å². The minimum Gasteiger partial charge on any atom is -0.494 e. The van der Waals surface area contributed by atoms with E-state index in [0.29, 0.717) is 54.1 Å². The second-order valence-corrected chi connectivity index (χ2v) is 10.7. The van der Waals surface area contributed by atoms with Crippen LogP contribution in [0.3, 0.4) is 0 Å². The van der Waals surface area contributed by atoms with Gasteiger partial charge < -0.3 is 19.7 Å². The number of ether oxygens (including phenoxy) is 2. The van der Waals surface area contributed by atoms with E-state index >= 15 is 0 Å². The van der Waals surface area contributed by atoms with E-state index in [1.54, 1.807) is 35.2 Å². The van der Waals surface area contributed by atoms with Crippen LogP contribution >= 0.6 is 0 Å². The fourth-order valence-electron chi connectivity index (χ4n) is 5.14. The van der Waals surface area contributed by atoms with E-state index in [-0.39, 0.29) is 11.7 Å². The Labute approximate surface area is 269 Å². The van der Waals surface area contributed by atoms with Gasteiger partial charge in [-0.25, -0.2) is 4.79 Å². The van der Waals surface area contributed by atoms with Crippen LogP contribution in [0.15, 0.2) is 140 Å². The maximum atomic E-state index is 13.3. The maximum absolute atomic E-state index is 13.3. The molecular formula is C39H36N2O5. The number of ketones is 1. The normalized spacial score (nSPS) is 11.2. The molecule has 0 bridgehead atoms. The number of carbonyl (C=O) groups is 3. The number of carbonyl (C=O) groups excluding carboxylic acids is 3. The summed E-state index contributed by atoms with van der Waals surface area (Å²) >= 11 is 0. The highest BCUT2D eigenvalue weighted by atomic mass is 16.5. The first kappa shape index (κ1) is 31.7. The van der Waals surface area contributed by atoms with Gasteiger partial charge in [0.05, 0.1) is 13.7 Å². The topological polar surface area (TPSA) is 84.9 Å². The van der Waals surface area contributed by atoms with Crippen LogP contribution in [0.25, 0.3) is 0 Å². The molecule has 1 unspecified atom stereocenters. The fraction of sp³-hybridized carbons (Fsp3) is 0.154. The van der Waals surface area contributed by atoms with Crippen molar-refractivity contribution in [2.75, 3.05) is 30.5 Å². The van der Waals surface area contributed by atoms with Gasteiger partial charge in [-0.2, -0.15) is 0 Å². The minimum atomic E-state index is -0.715. The summed E-state index contributed by atoms with van der Waals surface area (Å²) in [7, 11) is 1.35. The Balaban J connectivity index is 1.19. The summed E-state index contributed by atoms with van der Waals surface area (Å²) in [6.07, 6.45) is 0.971. The van der Waals surface area contributed by atoms with Crippen molar-refractivity contribution in [1.82, 2.24) is 0 Å². The molecule has 232 valence electrons. The summed E-state index contributed by atoms with van der Waals surface area (Å²) in [5, 5.41) is 3.24. The molecule has 7 nitrogen and oxygen atoms in total. The standard InChI is InChI=1S/C39H36N2O5/c1-45-39(44)36(40-35-21-12-11-20-34(35)37(42)30-14-5-2-6-15-30)28-29-22-24-33(25-23-29)46-27-13-26-41(32-18-9-4-10-19-32)38(43)31-16-7-3-8-17-31/h2-12,14-25,36,40H,13,26-28H2,1H3. The van der Waals surface area contributed by atoms with Crippen LogP contribution in [-0.4, -0.2) is 44.0 Å². The number of methoxy groups -OCH3 is 1. The lowest BCUT2D eigenvalue weighted by atomic mass is 10.00. The van der Waals surface area contributed by atoms with Crippen LogP contribution in [0, 0.1) is 0 Å². The van der Waals surface area contributed by atoms with Crippen LogP contribution in [0.2, 0.25) is 0 Å². The molecular weight excluding hydrogens is 576 g/mol. The molecule has 7 heteroatoms. The van der Waals surface area contributed by atoms with Crippen molar-refractivity contribution in [3.63, 3.8) is 0 Å². The number of nitrogens with zero attached hydrogens (tertiary/aromatic N) is 1. The van der Waals surface area contributed by atoms with Crippen LogP contribution in [0.1, 0.15) is 38.3 Å². The molecule has 5 rings (SSSR count). The number of esters is 1. The summed E-state index contributed by atoms with van der Waals surface area (Å²) in [5.41, 5.74) is 3.96. The molecule has 0 radical (unpaired) electrons. The predicted molar refractivity (Wildman–Crippen MR) is 181 cm³/mol. The molecule has 0 aliphatic rings. The average molecular weight is 613 g/mol. The second kappa shape index (κ2) is 15.9. The van der Waals surface area contributed by atoms with Gasteiger partial charge >= 0.3 is 5.97 Å². The van der Waals surface area contributed by atoms with E-state index in [4.69, 9.17) is 9.47 Å². The number of para-hydroxylation sites is 2. The number of amides is 1. The lowest BCUT2D eigenvalue weighted by Crippen LogP contribution is -2.33. The van der Waals surface area contributed by atoms with E-state index < -0.39 is 12.0 Å². The minimum absolute atomic E-state index is 0.0584. The van der Waals surface area contributed by atoms with Crippen LogP contribution in [0.5, 0.6) is 5.75 Å². The first-order valence-corrected chi connectivity index (χ1v) is 15.2. The van der Waals surface area contributed by atoms with E-state index in [1.165, 1.54) is 7.11 Å². The molecule has 5 aromatic carbocycles. The first-order chi connectivity index (χ1) is 22.5. The Hall–Kier alpha value is -5.69. The van der Waals surface area contributed by atoms with E-state index in [0.717, 1.165) is 11.3 Å². The van der Waals surface area contributed by atoms with Gasteiger partial charge in [-0.3, -0.25) is 9.59 Å². The molecule has 0 aliphatic carbocycles. The number of anilines is 2. The molecule has 1 atom stereocenters. The zero-order valence-corrected chi connectivity index (χ0v) is 25.7. The number of benzene rings is 5. The molecule has 0 saturated carbocycles. The largest absolute Gasteiger partial charge is 0.494 e. The maximum Gasteiger partial charge on any atom is 0.328 e. The van der Waals surface area contributed by atoms with Gasteiger partial charge in [-0.15, -0.1) is 0 Å². The third kappa shape index (κ3) is 8.27. The highest BCUT2D eigenvalue weighted by molar-refractivity contribution is 6.12. The van der Waals surface area contributed by atoms with E-state index in [2.05, 4.69) is 5.32 Å². The molecule has 1 N–H and O–H groups in total. The Bertz CT molecular complexity index is 1730. The van der Waals surface area contributed by atoms with E-state index in [1.807, 2.05) is 109 Å². The van der Waals surface area contributed by atoms with Gasteiger partial charge in [0.2, 0.25) is 0 Å². The fourth-order valence-corrected chi connectivity index (χ4v) is 5.14. The SMILES string of the molecule is COC(=O)C(Cc1ccc(OCCCN(C(=O)c2ccccc2)c2ccccc2)cc1)Nc1ccccc1C(=O)c1ccccc1. The van der Waals surface area contributed by atoms with Gasteiger partial charge in [-0.1, -0.05) is 91.0 Å². The number of nitrogens with one attached hydrogen (secondary N) is 1. The molecule has 0 aromatic heterocycles. The Morgan fingerprint density at radius 1 is 0.696 bits per heavy atom. The number of hydrogen-bond acceptors (Lipinski definition) is 6. The Kier molecular flexibility index (Phi) is 10.9. The van der Waals surface area contributed by atoms with Crippen molar-refractivity contribution in [3.05, 3.63) is 162 Å². The van der Waals surface area contributed by atoms with Crippen molar-refractivity contribution < 1.29 is 23.9 Å². The molecule has 0 spiro atoms. The van der Waals surface area contributed by atoms with Crippen molar-refractivity contribution in [2.45, 2.75) is 18.9 Å². The van der Waals surface area contributed by atoms with Crippen LogP contribution < -0.4 is 15.0 Å². The van der Waals surface area contributed by atoms with Crippen LogP contribution in [-0.2, 0) is 16.0 Å². The molecule has 0 aliphatic heterocycles. The predicted octanol–water partition coefficient (Wildman–Crippen LogP) is 7.23. The van der Waals surface area contributed by atoms with E-state index in [9.17, 15) is 14.4 Å². The third-order valence-corrected chi connectivity index (χ3v) is 7.51. The summed E-state index contributed by atoms with van der Waals surface area (Å²) in [5.74, 6) is 0.0585. The molecule has 0 saturated heterocycles. The molecule has 0 fully saturated rings. The zero-order chi connectivity index (χ0) is 32.1. The lowest BCUT2D eigenvalue weighted by molar-refractivity contribution is -0.141. The highest BCUT2D eigenvalue weighted by Crippen LogP contribution is 2.23.